The predicted octanol–water partition coefficient (Wildman–Crippen LogP) is 1.91. The number of aliphatic hydroxyl groups excluding tert-OH is 2. The second-order valence-corrected chi connectivity index (χ2v) is 4.45. The summed E-state index contributed by atoms with van der Waals surface area (Å²) in [5, 5.41) is 26.9. The van der Waals surface area contributed by atoms with E-state index in [1.54, 1.807) is 0 Å². The van der Waals surface area contributed by atoms with E-state index >= 15 is 0 Å². The summed E-state index contributed by atoms with van der Waals surface area (Å²) < 4.78 is 0. The molecule has 0 heterocycles. The fourth-order valence-corrected chi connectivity index (χ4v) is 1.61. The molecule has 0 saturated heterocycles. The van der Waals surface area contributed by atoms with Crippen LogP contribution in [-0.4, -0.2) is 34.9 Å². The van der Waals surface area contributed by atoms with Gasteiger partial charge in [-0.25, -0.2) is 0 Å². The molecule has 0 saturated carbocycles. The summed E-state index contributed by atoms with van der Waals surface area (Å²) in [5.41, 5.74) is 7.43. The Bertz CT molecular complexity index is 615. The Balaban J connectivity index is 2.02. The fraction of sp³-hybridized carbons (Fsp3) is 0.125. The average Bonchev–Trinajstić information content (AvgIpc) is 2.59. The summed E-state index contributed by atoms with van der Waals surface area (Å²) in [6, 6.07) is 18.7. The lowest BCUT2D eigenvalue weighted by atomic mass is 10.2. The van der Waals surface area contributed by atoms with Crippen LogP contribution in [0.15, 0.2) is 70.9 Å². The van der Waals surface area contributed by atoms with Crippen LogP contribution < -0.4 is 10.9 Å². The van der Waals surface area contributed by atoms with Crippen LogP contribution in [-0.2, 0) is 0 Å². The molecule has 0 spiro atoms. The maximum absolute atomic E-state index is 9.75. The minimum atomic E-state index is -1.11. The summed E-state index contributed by atoms with van der Waals surface area (Å²) in [6.07, 6.45) is 0.252. The highest BCUT2D eigenvalue weighted by Crippen LogP contribution is 2.06. The summed E-state index contributed by atoms with van der Waals surface area (Å²) in [6.45, 7) is -0.438. The van der Waals surface area contributed by atoms with E-state index in [1.807, 2.05) is 60.7 Å². The minimum absolute atomic E-state index is 0.217. The maximum atomic E-state index is 9.75. The molecule has 6 nitrogen and oxygen atoms in total. The zero-order valence-electron chi connectivity index (χ0n) is 11.9. The van der Waals surface area contributed by atoms with Crippen LogP contribution in [0, 0.1) is 0 Å². The number of para-hydroxylation sites is 2. The lowest BCUT2D eigenvalue weighted by Gasteiger charge is -2.08. The molecule has 22 heavy (non-hydrogen) atoms. The van der Waals surface area contributed by atoms with Crippen molar-refractivity contribution in [3.63, 3.8) is 0 Å². The smallest absolute Gasteiger partial charge is 0.122 e. The van der Waals surface area contributed by atoms with Crippen molar-refractivity contribution < 1.29 is 10.2 Å². The molecule has 6 heteroatoms. The van der Waals surface area contributed by atoms with Gasteiger partial charge in [-0.15, -0.1) is 0 Å². The van der Waals surface area contributed by atoms with Crippen LogP contribution in [0.3, 0.4) is 0 Å². The van der Waals surface area contributed by atoms with E-state index in [-0.39, 0.29) is 5.71 Å². The average molecular weight is 298 g/mol. The van der Waals surface area contributed by atoms with E-state index in [1.165, 1.54) is 6.21 Å². The van der Waals surface area contributed by atoms with Crippen molar-refractivity contribution in [2.24, 2.45) is 10.2 Å². The zero-order chi connectivity index (χ0) is 15.6. The van der Waals surface area contributed by atoms with Crippen LogP contribution in [0.4, 0.5) is 11.4 Å². The summed E-state index contributed by atoms with van der Waals surface area (Å²) in [5.74, 6) is 0. The van der Waals surface area contributed by atoms with Crippen molar-refractivity contribution in [3.05, 3.63) is 60.7 Å². The molecule has 0 aliphatic rings. The Morgan fingerprint density at radius 3 is 2.05 bits per heavy atom. The molecule has 4 N–H and O–H groups in total. The molecule has 0 bridgehead atoms. The SMILES string of the molecule is OCC(O)C(C=NNc1ccccc1)=NNc1ccccc1. The van der Waals surface area contributed by atoms with E-state index in [4.69, 9.17) is 5.11 Å². The highest BCUT2D eigenvalue weighted by atomic mass is 16.3. The topological polar surface area (TPSA) is 89.2 Å². The van der Waals surface area contributed by atoms with E-state index < -0.39 is 12.7 Å². The molecule has 1 unspecified atom stereocenters. The highest BCUT2D eigenvalue weighted by Gasteiger charge is 2.09. The third-order valence-corrected chi connectivity index (χ3v) is 2.77. The Kier molecular flexibility index (Phi) is 6.10. The van der Waals surface area contributed by atoms with Crippen molar-refractivity contribution in [2.45, 2.75) is 6.10 Å². The Morgan fingerprint density at radius 1 is 0.955 bits per heavy atom. The monoisotopic (exact) mass is 298 g/mol. The van der Waals surface area contributed by atoms with Gasteiger partial charge in [0.1, 0.15) is 11.8 Å². The fourth-order valence-electron chi connectivity index (χ4n) is 1.61. The molecule has 2 aromatic carbocycles. The standard InChI is InChI=1S/C16H18N4O2/c21-12-16(22)15(20-19-14-9-5-2-6-10-14)11-17-18-13-7-3-1-4-8-13/h1-11,16,18-19,21-22H,12H2. The van der Waals surface area contributed by atoms with Crippen LogP contribution >= 0.6 is 0 Å². The molecular formula is C16H18N4O2. The van der Waals surface area contributed by atoms with Gasteiger partial charge < -0.3 is 10.2 Å². The van der Waals surface area contributed by atoms with Gasteiger partial charge in [0.05, 0.1) is 24.2 Å². The van der Waals surface area contributed by atoms with Gasteiger partial charge in [-0.1, -0.05) is 36.4 Å². The third kappa shape index (κ3) is 5.01. The van der Waals surface area contributed by atoms with Gasteiger partial charge in [-0.3, -0.25) is 10.9 Å². The summed E-state index contributed by atoms with van der Waals surface area (Å²) in [7, 11) is 0. The second-order valence-electron chi connectivity index (χ2n) is 4.45. The number of nitrogens with one attached hydrogen (secondary N) is 2. The molecule has 0 amide bonds. The minimum Gasteiger partial charge on any atom is -0.393 e. The molecule has 0 radical (unpaired) electrons. The van der Waals surface area contributed by atoms with Gasteiger partial charge >= 0.3 is 0 Å². The number of aliphatic hydroxyl groups is 2. The first-order chi connectivity index (χ1) is 10.8. The lowest BCUT2D eigenvalue weighted by Crippen LogP contribution is -2.27. The molecule has 0 aliphatic heterocycles. The first kappa shape index (κ1) is 15.7. The van der Waals surface area contributed by atoms with Gasteiger partial charge in [-0.05, 0) is 24.3 Å². The largest absolute Gasteiger partial charge is 0.393 e. The first-order valence-corrected chi connectivity index (χ1v) is 6.81. The Morgan fingerprint density at radius 2 is 1.50 bits per heavy atom. The molecule has 1 atom stereocenters. The first-order valence-electron chi connectivity index (χ1n) is 6.81. The number of rotatable bonds is 7. The van der Waals surface area contributed by atoms with E-state index in [9.17, 15) is 5.11 Å². The highest BCUT2D eigenvalue weighted by molar-refractivity contribution is 6.32. The van der Waals surface area contributed by atoms with Crippen molar-refractivity contribution in [1.82, 2.24) is 0 Å². The molecule has 0 fully saturated rings. The Hall–Kier alpha value is -2.70. The van der Waals surface area contributed by atoms with Crippen LogP contribution in [0.5, 0.6) is 0 Å². The summed E-state index contributed by atoms with van der Waals surface area (Å²) in [4.78, 5) is 0. The zero-order valence-corrected chi connectivity index (χ0v) is 11.9. The normalized spacial score (nSPS) is 13.1. The van der Waals surface area contributed by atoms with Crippen molar-refractivity contribution >= 4 is 23.3 Å². The molecule has 2 aromatic rings. The van der Waals surface area contributed by atoms with Crippen LogP contribution in [0.2, 0.25) is 0 Å². The molecule has 114 valence electrons. The Labute approximate surface area is 128 Å². The predicted molar refractivity (Wildman–Crippen MR) is 89.1 cm³/mol. The maximum Gasteiger partial charge on any atom is 0.122 e. The number of hydrazone groups is 2. The van der Waals surface area contributed by atoms with Gasteiger partial charge in [0.25, 0.3) is 0 Å². The van der Waals surface area contributed by atoms with Gasteiger partial charge in [0.15, 0.2) is 0 Å². The summed E-state index contributed by atoms with van der Waals surface area (Å²) >= 11 is 0. The second kappa shape index (κ2) is 8.56. The molecular weight excluding hydrogens is 280 g/mol. The van der Waals surface area contributed by atoms with Gasteiger partial charge in [0, 0.05) is 0 Å². The molecule has 2 rings (SSSR count). The number of nitrogens with zero attached hydrogens (tertiary/aromatic N) is 2. The van der Waals surface area contributed by atoms with E-state index in [0.29, 0.717) is 0 Å². The van der Waals surface area contributed by atoms with Crippen molar-refractivity contribution in [2.75, 3.05) is 17.5 Å². The van der Waals surface area contributed by atoms with E-state index in [0.717, 1.165) is 11.4 Å². The molecule has 0 aromatic heterocycles. The quantitative estimate of drug-likeness (QED) is 0.464. The number of benzene rings is 2. The van der Waals surface area contributed by atoms with Crippen molar-refractivity contribution in [1.29, 1.82) is 0 Å². The number of anilines is 2. The van der Waals surface area contributed by atoms with Gasteiger partial charge in [0.2, 0.25) is 0 Å². The van der Waals surface area contributed by atoms with Crippen LogP contribution in [0.1, 0.15) is 0 Å². The number of hydrogen-bond acceptors (Lipinski definition) is 6. The molecule has 0 aliphatic carbocycles. The third-order valence-electron chi connectivity index (χ3n) is 2.77. The van der Waals surface area contributed by atoms with Gasteiger partial charge in [-0.2, -0.15) is 10.2 Å². The number of hydrogen-bond donors (Lipinski definition) is 4. The van der Waals surface area contributed by atoms with E-state index in [2.05, 4.69) is 21.1 Å². The van der Waals surface area contributed by atoms with Crippen molar-refractivity contribution in [3.8, 4) is 0 Å². The van der Waals surface area contributed by atoms with Crippen LogP contribution in [0.25, 0.3) is 0 Å². The lowest BCUT2D eigenvalue weighted by molar-refractivity contribution is 0.146.